The molecule has 0 aliphatic heterocycles. The van der Waals surface area contributed by atoms with Gasteiger partial charge in [-0.1, -0.05) is 146 Å². The van der Waals surface area contributed by atoms with Gasteiger partial charge in [-0.15, -0.1) is 0 Å². The Bertz CT molecular complexity index is 3240. The van der Waals surface area contributed by atoms with Gasteiger partial charge in [0.05, 0.1) is 5.69 Å². The lowest BCUT2D eigenvalue weighted by Gasteiger charge is -2.28. The highest BCUT2D eigenvalue weighted by Gasteiger charge is 2.20. The van der Waals surface area contributed by atoms with Crippen LogP contribution in [0.2, 0.25) is 0 Å². The van der Waals surface area contributed by atoms with Crippen LogP contribution in [0.25, 0.3) is 88.6 Å². The third-order valence-electron chi connectivity index (χ3n) is 10.9. The summed E-state index contributed by atoms with van der Waals surface area (Å²) in [5.74, 6) is 0.561. The molecule has 0 saturated heterocycles. The Morgan fingerprint density at radius 3 is 1.89 bits per heavy atom. The fourth-order valence-corrected chi connectivity index (χ4v) is 8.20. The second-order valence-corrected chi connectivity index (χ2v) is 14.3. The van der Waals surface area contributed by atoms with E-state index in [0.717, 1.165) is 83.5 Å². The molecule has 0 fully saturated rings. The van der Waals surface area contributed by atoms with E-state index in [4.69, 9.17) is 13.8 Å². The van der Waals surface area contributed by atoms with E-state index in [0.29, 0.717) is 5.89 Å². The first-order chi connectivity index (χ1) is 28.2. The van der Waals surface area contributed by atoms with Crippen LogP contribution in [-0.2, 0) is 0 Å². The number of benzene rings is 9. The van der Waals surface area contributed by atoms with Gasteiger partial charge in [0.2, 0.25) is 5.89 Å². The largest absolute Gasteiger partial charge is 0.456 e. The Balaban J connectivity index is 1.01. The number of rotatable bonds is 7. The molecule has 0 amide bonds. The molecule has 2 heterocycles. The van der Waals surface area contributed by atoms with E-state index in [2.05, 4.69) is 175 Å². The molecular formula is C53H34N2O2. The minimum absolute atomic E-state index is 0.561. The molecule has 0 N–H and O–H groups in total. The highest BCUT2D eigenvalue weighted by Crippen LogP contribution is 2.43. The van der Waals surface area contributed by atoms with Crippen LogP contribution in [0.1, 0.15) is 0 Å². The average Bonchev–Trinajstić information content (AvgIpc) is 3.89. The Kier molecular flexibility index (Phi) is 7.78. The monoisotopic (exact) mass is 730 g/mol. The van der Waals surface area contributed by atoms with E-state index in [1.54, 1.807) is 0 Å². The number of aromatic nitrogens is 1. The molecule has 0 bridgehead atoms. The molecule has 0 aliphatic rings. The SMILES string of the molecule is c1ccc(-c2ccccc2N(c2ccc(-c3cccc4oc(-c5ccc6c(c5)oc5ccccc56)nc34)cc2)c2cccc(-c3cccc4ccccc34)c2)cc1. The predicted molar refractivity (Wildman–Crippen MR) is 235 cm³/mol. The van der Waals surface area contributed by atoms with E-state index >= 15 is 0 Å². The lowest BCUT2D eigenvalue weighted by Crippen LogP contribution is -2.11. The van der Waals surface area contributed by atoms with Crippen LogP contribution in [0, 0.1) is 0 Å². The van der Waals surface area contributed by atoms with Gasteiger partial charge >= 0.3 is 0 Å². The first-order valence-corrected chi connectivity index (χ1v) is 19.2. The summed E-state index contributed by atoms with van der Waals surface area (Å²) in [6.07, 6.45) is 0. The predicted octanol–water partition coefficient (Wildman–Crippen LogP) is 15.0. The third kappa shape index (κ3) is 5.74. The highest BCUT2D eigenvalue weighted by molar-refractivity contribution is 6.06. The number of hydrogen-bond acceptors (Lipinski definition) is 4. The van der Waals surface area contributed by atoms with Crippen molar-refractivity contribution in [1.82, 2.24) is 4.98 Å². The standard InChI is InChI=1S/C53H34N2O2/c1-2-13-36(14-3-1)44-20-6-8-24-48(44)55(41-18-10-17-38(33-41)43-22-11-16-35-15-4-5-19-42(35)43)40-30-27-37(28-31-40)45-23-12-26-50-52(45)54-53(57-50)39-29-32-47-46-21-7-9-25-49(46)56-51(47)34-39/h1-34H. The second-order valence-electron chi connectivity index (χ2n) is 14.3. The van der Waals surface area contributed by atoms with Gasteiger partial charge in [-0.25, -0.2) is 4.98 Å². The molecule has 0 spiro atoms. The van der Waals surface area contributed by atoms with Crippen LogP contribution in [0.15, 0.2) is 215 Å². The maximum Gasteiger partial charge on any atom is 0.227 e. The fraction of sp³-hybridized carbons (Fsp3) is 0. The van der Waals surface area contributed by atoms with Crippen LogP contribution in [0.5, 0.6) is 0 Å². The van der Waals surface area contributed by atoms with E-state index in [9.17, 15) is 0 Å². The average molecular weight is 731 g/mol. The molecule has 4 heteroatoms. The van der Waals surface area contributed by atoms with Crippen molar-refractivity contribution in [1.29, 1.82) is 0 Å². The van der Waals surface area contributed by atoms with Crippen molar-refractivity contribution < 1.29 is 8.83 Å². The van der Waals surface area contributed by atoms with Crippen LogP contribution in [0.4, 0.5) is 17.1 Å². The summed E-state index contributed by atoms with van der Waals surface area (Å²) in [4.78, 5) is 7.42. The normalized spacial score (nSPS) is 11.5. The molecule has 57 heavy (non-hydrogen) atoms. The van der Waals surface area contributed by atoms with Crippen LogP contribution >= 0.6 is 0 Å². The first kappa shape index (κ1) is 32.7. The van der Waals surface area contributed by atoms with E-state index in [1.807, 2.05) is 36.4 Å². The van der Waals surface area contributed by atoms with Gasteiger partial charge in [0.15, 0.2) is 5.58 Å². The van der Waals surface area contributed by atoms with E-state index in [-0.39, 0.29) is 0 Å². The first-order valence-electron chi connectivity index (χ1n) is 19.2. The number of anilines is 3. The number of furan rings is 1. The van der Waals surface area contributed by atoms with Crippen molar-refractivity contribution in [3.63, 3.8) is 0 Å². The molecule has 11 rings (SSSR count). The van der Waals surface area contributed by atoms with Crippen molar-refractivity contribution in [2.24, 2.45) is 0 Å². The minimum Gasteiger partial charge on any atom is -0.456 e. The number of para-hydroxylation sites is 3. The number of fused-ring (bicyclic) bond motifs is 5. The molecule has 268 valence electrons. The summed E-state index contributed by atoms with van der Waals surface area (Å²) in [7, 11) is 0. The molecule has 9 aromatic carbocycles. The zero-order chi connectivity index (χ0) is 37.7. The van der Waals surface area contributed by atoms with Gasteiger partial charge < -0.3 is 13.7 Å². The van der Waals surface area contributed by atoms with Gasteiger partial charge in [0.25, 0.3) is 0 Å². The maximum absolute atomic E-state index is 6.39. The number of oxazole rings is 1. The third-order valence-corrected chi connectivity index (χ3v) is 10.9. The smallest absolute Gasteiger partial charge is 0.227 e. The summed E-state index contributed by atoms with van der Waals surface area (Å²) in [6.45, 7) is 0. The topological polar surface area (TPSA) is 42.4 Å². The summed E-state index contributed by atoms with van der Waals surface area (Å²) in [5.41, 5.74) is 14.1. The quantitative estimate of drug-likeness (QED) is 0.164. The van der Waals surface area contributed by atoms with E-state index < -0.39 is 0 Å². The van der Waals surface area contributed by atoms with Crippen molar-refractivity contribution in [3.05, 3.63) is 206 Å². The van der Waals surface area contributed by atoms with Crippen molar-refractivity contribution in [2.75, 3.05) is 4.90 Å². The molecule has 2 aromatic heterocycles. The molecule has 11 aromatic rings. The minimum atomic E-state index is 0.561. The maximum atomic E-state index is 6.39. The summed E-state index contributed by atoms with van der Waals surface area (Å²) in [6, 6.07) is 72.4. The lowest BCUT2D eigenvalue weighted by atomic mass is 9.97. The summed E-state index contributed by atoms with van der Waals surface area (Å²) >= 11 is 0. The molecule has 0 saturated carbocycles. The zero-order valence-corrected chi connectivity index (χ0v) is 30.8. The summed E-state index contributed by atoms with van der Waals surface area (Å²) in [5, 5.41) is 4.63. The van der Waals surface area contributed by atoms with Crippen LogP contribution in [-0.4, -0.2) is 4.98 Å². The van der Waals surface area contributed by atoms with Gasteiger partial charge in [-0.2, -0.15) is 0 Å². The fourth-order valence-electron chi connectivity index (χ4n) is 8.20. The van der Waals surface area contributed by atoms with Gasteiger partial charge in [0, 0.05) is 38.8 Å². The summed E-state index contributed by atoms with van der Waals surface area (Å²) < 4.78 is 12.6. The molecule has 4 nitrogen and oxygen atoms in total. The van der Waals surface area contributed by atoms with Crippen molar-refractivity contribution in [3.8, 4) is 44.8 Å². The molecular weight excluding hydrogens is 697 g/mol. The molecule has 0 atom stereocenters. The molecule has 0 aliphatic carbocycles. The lowest BCUT2D eigenvalue weighted by molar-refractivity contribution is 0.619. The zero-order valence-electron chi connectivity index (χ0n) is 30.8. The van der Waals surface area contributed by atoms with Gasteiger partial charge in [-0.05, 0) is 93.7 Å². The van der Waals surface area contributed by atoms with Crippen LogP contribution in [0.3, 0.4) is 0 Å². The van der Waals surface area contributed by atoms with Crippen molar-refractivity contribution >= 4 is 60.9 Å². The van der Waals surface area contributed by atoms with Crippen molar-refractivity contribution in [2.45, 2.75) is 0 Å². The second kappa shape index (κ2) is 13.6. The Morgan fingerprint density at radius 2 is 0.982 bits per heavy atom. The van der Waals surface area contributed by atoms with E-state index in [1.165, 1.54) is 16.3 Å². The highest BCUT2D eigenvalue weighted by atomic mass is 16.3. The van der Waals surface area contributed by atoms with Crippen LogP contribution < -0.4 is 4.90 Å². The Labute approximate surface area is 329 Å². The van der Waals surface area contributed by atoms with Gasteiger partial charge in [-0.3, -0.25) is 0 Å². The number of hydrogen-bond donors (Lipinski definition) is 0. The Hall–Kier alpha value is -7.69. The Morgan fingerprint density at radius 1 is 0.351 bits per heavy atom. The van der Waals surface area contributed by atoms with Gasteiger partial charge in [0.1, 0.15) is 16.7 Å². The number of nitrogens with zero attached hydrogens (tertiary/aromatic N) is 2. The molecule has 0 unspecified atom stereocenters. The molecule has 0 radical (unpaired) electrons.